The molecular weight excluding hydrogens is 431 g/mol. The molecule has 5 nitrogen and oxygen atoms in total. The molecule has 0 N–H and O–H groups in total. The summed E-state index contributed by atoms with van der Waals surface area (Å²) in [5.41, 5.74) is 0.678. The van der Waals surface area contributed by atoms with Crippen molar-refractivity contribution in [2.75, 3.05) is 32.8 Å². The van der Waals surface area contributed by atoms with Gasteiger partial charge in [-0.15, -0.1) is 0 Å². The lowest BCUT2D eigenvalue weighted by molar-refractivity contribution is -0.143. The maximum Gasteiger partial charge on any atom is 0.307 e. The number of esters is 1. The van der Waals surface area contributed by atoms with Crippen molar-refractivity contribution in [3.63, 3.8) is 0 Å². The van der Waals surface area contributed by atoms with Gasteiger partial charge < -0.3 is 9.64 Å². The molecular formula is C19H27IN2O3. The lowest BCUT2D eigenvalue weighted by Crippen LogP contribution is -2.44. The summed E-state index contributed by atoms with van der Waals surface area (Å²) in [7, 11) is 0. The molecule has 1 heterocycles. The lowest BCUT2D eigenvalue weighted by atomic mass is 10.1. The number of carbonyl (C=O) groups is 2. The zero-order chi connectivity index (χ0) is 18.2. The number of hydrogen-bond acceptors (Lipinski definition) is 4. The van der Waals surface area contributed by atoms with Crippen LogP contribution >= 0.6 is 22.6 Å². The molecule has 0 bridgehead atoms. The van der Waals surface area contributed by atoms with E-state index >= 15 is 0 Å². The highest BCUT2D eigenvalue weighted by Gasteiger charge is 2.28. The van der Waals surface area contributed by atoms with E-state index in [2.05, 4.69) is 34.4 Å². The Kier molecular flexibility index (Phi) is 8.15. The van der Waals surface area contributed by atoms with Crippen LogP contribution in [-0.4, -0.2) is 60.5 Å². The number of likely N-dealkylation sites (N-methyl/N-ethyl adjacent to an activating group) is 1. The van der Waals surface area contributed by atoms with Crippen molar-refractivity contribution in [1.82, 2.24) is 9.80 Å². The molecule has 1 aromatic carbocycles. The number of likely N-dealkylation sites (tertiary alicyclic amines) is 1. The van der Waals surface area contributed by atoms with E-state index in [4.69, 9.17) is 4.74 Å². The van der Waals surface area contributed by atoms with Crippen LogP contribution in [0.25, 0.3) is 0 Å². The van der Waals surface area contributed by atoms with Gasteiger partial charge in [-0.2, -0.15) is 0 Å². The molecule has 1 unspecified atom stereocenters. The van der Waals surface area contributed by atoms with E-state index in [-0.39, 0.29) is 18.3 Å². The van der Waals surface area contributed by atoms with Gasteiger partial charge in [0, 0.05) is 28.3 Å². The van der Waals surface area contributed by atoms with Gasteiger partial charge in [0.2, 0.25) is 0 Å². The van der Waals surface area contributed by atoms with Crippen molar-refractivity contribution < 1.29 is 14.3 Å². The SMILES string of the molecule is CCOC(=O)CCN(CC1CCCN1CC)C(=O)c1cccc(I)c1. The summed E-state index contributed by atoms with van der Waals surface area (Å²) in [6.07, 6.45) is 2.51. The average Bonchev–Trinajstić information content (AvgIpc) is 3.05. The van der Waals surface area contributed by atoms with Gasteiger partial charge in [-0.3, -0.25) is 14.5 Å². The largest absolute Gasteiger partial charge is 0.466 e. The van der Waals surface area contributed by atoms with E-state index in [1.807, 2.05) is 29.2 Å². The summed E-state index contributed by atoms with van der Waals surface area (Å²) in [6, 6.07) is 7.97. The zero-order valence-electron chi connectivity index (χ0n) is 15.0. The first-order chi connectivity index (χ1) is 12.0. The Morgan fingerprint density at radius 1 is 1.36 bits per heavy atom. The summed E-state index contributed by atoms with van der Waals surface area (Å²) >= 11 is 2.21. The third-order valence-corrected chi connectivity index (χ3v) is 5.26. The third-order valence-electron chi connectivity index (χ3n) is 4.59. The Morgan fingerprint density at radius 3 is 2.84 bits per heavy atom. The van der Waals surface area contributed by atoms with Gasteiger partial charge >= 0.3 is 5.97 Å². The number of benzene rings is 1. The van der Waals surface area contributed by atoms with Crippen molar-refractivity contribution in [2.45, 2.75) is 39.2 Å². The van der Waals surface area contributed by atoms with Crippen molar-refractivity contribution in [1.29, 1.82) is 0 Å². The van der Waals surface area contributed by atoms with Crippen LogP contribution in [0.1, 0.15) is 43.5 Å². The first kappa shape index (κ1) is 20.2. The Labute approximate surface area is 163 Å². The monoisotopic (exact) mass is 458 g/mol. The summed E-state index contributed by atoms with van der Waals surface area (Å²) in [6.45, 7) is 7.47. The number of nitrogens with zero attached hydrogens (tertiary/aromatic N) is 2. The fraction of sp³-hybridized carbons (Fsp3) is 0.579. The van der Waals surface area contributed by atoms with Crippen molar-refractivity contribution >= 4 is 34.5 Å². The second-order valence-corrected chi connectivity index (χ2v) is 7.49. The molecule has 6 heteroatoms. The topological polar surface area (TPSA) is 49.9 Å². The van der Waals surface area contributed by atoms with Crippen LogP contribution in [0.15, 0.2) is 24.3 Å². The number of carbonyl (C=O) groups excluding carboxylic acids is 2. The molecule has 2 rings (SSSR count). The van der Waals surface area contributed by atoms with Gasteiger partial charge in [0.25, 0.3) is 5.91 Å². The highest BCUT2D eigenvalue weighted by Crippen LogP contribution is 2.19. The van der Waals surface area contributed by atoms with Gasteiger partial charge in [0.15, 0.2) is 0 Å². The van der Waals surface area contributed by atoms with E-state index in [0.717, 1.165) is 23.1 Å². The average molecular weight is 458 g/mol. The first-order valence-electron chi connectivity index (χ1n) is 8.99. The summed E-state index contributed by atoms with van der Waals surface area (Å²) in [5.74, 6) is -0.257. The standard InChI is InChI=1S/C19H27IN2O3/c1-3-21-11-6-9-17(21)14-22(12-10-18(23)25-4-2)19(24)15-7-5-8-16(20)13-15/h5,7-8,13,17H,3-4,6,9-12,14H2,1-2H3. The minimum Gasteiger partial charge on any atom is -0.466 e. The molecule has 138 valence electrons. The maximum atomic E-state index is 13.0. The number of ether oxygens (including phenoxy) is 1. The van der Waals surface area contributed by atoms with E-state index in [1.54, 1.807) is 6.92 Å². The Morgan fingerprint density at radius 2 is 2.16 bits per heavy atom. The van der Waals surface area contributed by atoms with Crippen LogP contribution in [0, 0.1) is 3.57 Å². The summed E-state index contributed by atoms with van der Waals surface area (Å²) < 4.78 is 6.05. The molecule has 25 heavy (non-hydrogen) atoms. The van der Waals surface area contributed by atoms with Crippen LogP contribution in [-0.2, 0) is 9.53 Å². The third kappa shape index (κ3) is 5.95. The molecule has 0 spiro atoms. The molecule has 1 aromatic rings. The molecule has 1 amide bonds. The maximum absolute atomic E-state index is 13.0. The predicted octanol–water partition coefficient (Wildman–Crippen LogP) is 3.17. The number of rotatable bonds is 8. The van der Waals surface area contributed by atoms with Crippen LogP contribution < -0.4 is 0 Å². The molecule has 0 radical (unpaired) electrons. The molecule has 1 atom stereocenters. The molecule has 0 saturated carbocycles. The molecule has 0 aromatic heterocycles. The molecule has 0 aliphatic carbocycles. The van der Waals surface area contributed by atoms with Gasteiger partial charge in [-0.1, -0.05) is 13.0 Å². The highest BCUT2D eigenvalue weighted by molar-refractivity contribution is 14.1. The fourth-order valence-corrected chi connectivity index (χ4v) is 3.85. The molecule has 1 aliphatic rings. The van der Waals surface area contributed by atoms with Crippen LogP contribution in [0.5, 0.6) is 0 Å². The molecule has 1 saturated heterocycles. The smallest absolute Gasteiger partial charge is 0.307 e. The number of hydrogen-bond donors (Lipinski definition) is 0. The van der Waals surface area contributed by atoms with Crippen molar-refractivity contribution in [2.24, 2.45) is 0 Å². The Balaban J connectivity index is 2.10. The second-order valence-electron chi connectivity index (χ2n) is 6.24. The van der Waals surface area contributed by atoms with E-state index < -0.39 is 0 Å². The highest BCUT2D eigenvalue weighted by atomic mass is 127. The van der Waals surface area contributed by atoms with Gasteiger partial charge in [0.1, 0.15) is 0 Å². The van der Waals surface area contributed by atoms with E-state index in [0.29, 0.717) is 31.3 Å². The minimum absolute atomic E-state index is 0.00855. The predicted molar refractivity (Wildman–Crippen MR) is 107 cm³/mol. The lowest BCUT2D eigenvalue weighted by Gasteiger charge is -2.30. The van der Waals surface area contributed by atoms with Gasteiger partial charge in [-0.25, -0.2) is 0 Å². The van der Waals surface area contributed by atoms with Crippen molar-refractivity contribution in [3.05, 3.63) is 33.4 Å². The zero-order valence-corrected chi connectivity index (χ0v) is 17.2. The normalized spacial score (nSPS) is 17.5. The summed E-state index contributed by atoms with van der Waals surface area (Å²) in [4.78, 5) is 29.0. The second kappa shape index (κ2) is 10.1. The number of amides is 1. The molecule has 1 aliphatic heterocycles. The van der Waals surface area contributed by atoms with E-state index in [9.17, 15) is 9.59 Å². The Bertz CT molecular complexity index is 594. The van der Waals surface area contributed by atoms with Crippen LogP contribution in [0.3, 0.4) is 0 Å². The first-order valence-corrected chi connectivity index (χ1v) is 10.1. The Hall–Kier alpha value is -1.15. The van der Waals surface area contributed by atoms with Crippen LogP contribution in [0.4, 0.5) is 0 Å². The fourth-order valence-electron chi connectivity index (χ4n) is 3.31. The van der Waals surface area contributed by atoms with Crippen LogP contribution in [0.2, 0.25) is 0 Å². The molecule has 1 fully saturated rings. The summed E-state index contributed by atoms with van der Waals surface area (Å²) in [5, 5.41) is 0. The number of halogens is 1. The minimum atomic E-state index is -0.248. The quantitative estimate of drug-likeness (QED) is 0.444. The van der Waals surface area contributed by atoms with Gasteiger partial charge in [0.05, 0.1) is 13.0 Å². The van der Waals surface area contributed by atoms with E-state index in [1.165, 1.54) is 6.42 Å². The van der Waals surface area contributed by atoms with Gasteiger partial charge in [-0.05, 0) is 73.6 Å². The van der Waals surface area contributed by atoms with Crippen molar-refractivity contribution in [3.8, 4) is 0 Å².